The van der Waals surface area contributed by atoms with Crippen LogP contribution in [0.25, 0.3) is 6.08 Å². The Morgan fingerprint density at radius 3 is 2.07 bits per heavy atom. The van der Waals surface area contributed by atoms with Crippen LogP contribution in [-0.4, -0.2) is 13.1 Å². The fourth-order valence-corrected chi connectivity index (χ4v) is 4.31. The van der Waals surface area contributed by atoms with Gasteiger partial charge in [0.25, 0.3) is 0 Å². The minimum absolute atomic E-state index is 0.209. The van der Waals surface area contributed by atoms with Crippen molar-refractivity contribution < 1.29 is 0 Å². The minimum Gasteiger partial charge on any atom is -0.372 e. The molecule has 3 aromatic rings. The summed E-state index contributed by atoms with van der Waals surface area (Å²) in [5, 5.41) is 0. The Balaban J connectivity index is 2.19. The maximum absolute atomic E-state index is 3.97. The Kier molecular flexibility index (Phi) is 6.59. The zero-order valence-electron chi connectivity index (χ0n) is 18.5. The van der Waals surface area contributed by atoms with E-state index in [1.54, 1.807) is 0 Å². The van der Waals surface area contributed by atoms with E-state index < -0.39 is 0 Å². The summed E-state index contributed by atoms with van der Waals surface area (Å²) in [6, 6.07) is 22.5. The summed E-state index contributed by atoms with van der Waals surface area (Å²) < 4.78 is 0. The molecule has 0 aliphatic rings. The molecule has 0 bridgehead atoms. The van der Waals surface area contributed by atoms with Crippen LogP contribution in [-0.2, 0) is 0 Å². The van der Waals surface area contributed by atoms with E-state index in [4.69, 9.17) is 0 Å². The molecule has 0 radical (unpaired) electrons. The monoisotopic (exact) mass is 383 g/mol. The average Bonchev–Trinajstić information content (AvgIpc) is 2.72. The third-order valence-electron chi connectivity index (χ3n) is 5.91. The highest BCUT2D eigenvalue weighted by Gasteiger charge is 2.21. The van der Waals surface area contributed by atoms with E-state index >= 15 is 0 Å². The fourth-order valence-electron chi connectivity index (χ4n) is 4.31. The molecule has 0 saturated heterocycles. The largest absolute Gasteiger partial charge is 0.372 e. The summed E-state index contributed by atoms with van der Waals surface area (Å²) in [4.78, 5) is 2.40. The SMILES string of the molecule is C=Cc1cccc(C(c2ccc(C)cc2C)c2ccc(N(CC)CC)cc2C)c1. The molecular weight excluding hydrogens is 350 g/mol. The Morgan fingerprint density at radius 2 is 1.48 bits per heavy atom. The van der Waals surface area contributed by atoms with Crippen LogP contribution in [0.5, 0.6) is 0 Å². The van der Waals surface area contributed by atoms with Crippen LogP contribution in [0, 0.1) is 20.8 Å². The first-order valence-electron chi connectivity index (χ1n) is 10.6. The van der Waals surface area contributed by atoms with Crippen molar-refractivity contribution in [2.24, 2.45) is 0 Å². The molecule has 29 heavy (non-hydrogen) atoms. The van der Waals surface area contributed by atoms with Gasteiger partial charge in [0.05, 0.1) is 0 Å². The third kappa shape index (κ3) is 4.45. The highest BCUT2D eigenvalue weighted by atomic mass is 15.1. The Labute approximate surface area is 176 Å². The van der Waals surface area contributed by atoms with Gasteiger partial charge in [-0.05, 0) is 80.1 Å². The highest BCUT2D eigenvalue weighted by Crippen LogP contribution is 2.37. The molecule has 0 heterocycles. The van der Waals surface area contributed by atoms with Crippen molar-refractivity contribution in [1.82, 2.24) is 0 Å². The normalized spacial score (nSPS) is 11.9. The van der Waals surface area contributed by atoms with Gasteiger partial charge in [0.15, 0.2) is 0 Å². The standard InChI is InChI=1S/C28H33N/c1-7-23-11-10-12-24(19-23)28(26-15-13-20(4)17-21(26)5)27-16-14-25(18-22(27)6)29(8-2)9-3/h7,10-19,28H,1,8-9H2,2-6H3. The van der Waals surface area contributed by atoms with Gasteiger partial charge in [-0.15, -0.1) is 0 Å². The van der Waals surface area contributed by atoms with Gasteiger partial charge in [0.1, 0.15) is 0 Å². The van der Waals surface area contributed by atoms with E-state index in [-0.39, 0.29) is 5.92 Å². The molecule has 0 aliphatic heterocycles. The smallest absolute Gasteiger partial charge is 0.0368 e. The summed E-state index contributed by atoms with van der Waals surface area (Å²) >= 11 is 0. The molecule has 0 saturated carbocycles. The molecule has 0 spiro atoms. The Morgan fingerprint density at radius 1 is 0.828 bits per heavy atom. The van der Waals surface area contributed by atoms with Gasteiger partial charge < -0.3 is 4.90 Å². The van der Waals surface area contributed by atoms with E-state index in [9.17, 15) is 0 Å². The van der Waals surface area contributed by atoms with E-state index in [1.165, 1.54) is 39.1 Å². The predicted octanol–water partition coefficient (Wildman–Crippen LogP) is 7.28. The summed E-state index contributed by atoms with van der Waals surface area (Å²) in [5.74, 6) is 0.209. The molecule has 3 aromatic carbocycles. The molecule has 3 rings (SSSR count). The number of anilines is 1. The van der Waals surface area contributed by atoms with Crippen LogP contribution in [0.2, 0.25) is 0 Å². The molecule has 150 valence electrons. The van der Waals surface area contributed by atoms with Crippen LogP contribution >= 0.6 is 0 Å². The van der Waals surface area contributed by atoms with E-state index in [0.717, 1.165) is 18.7 Å². The molecule has 0 amide bonds. The number of benzene rings is 3. The molecule has 1 nitrogen and oxygen atoms in total. The second-order valence-corrected chi connectivity index (χ2v) is 7.88. The molecule has 1 atom stereocenters. The summed E-state index contributed by atoms with van der Waals surface area (Å²) in [5.41, 5.74) is 10.5. The second kappa shape index (κ2) is 9.13. The van der Waals surface area contributed by atoms with Crippen molar-refractivity contribution in [2.75, 3.05) is 18.0 Å². The average molecular weight is 384 g/mol. The molecule has 1 heteroatoms. The number of hydrogen-bond acceptors (Lipinski definition) is 1. The van der Waals surface area contributed by atoms with Gasteiger partial charge in [0, 0.05) is 24.7 Å². The number of nitrogens with zero attached hydrogens (tertiary/aromatic N) is 1. The van der Waals surface area contributed by atoms with Gasteiger partial charge in [0.2, 0.25) is 0 Å². The van der Waals surface area contributed by atoms with E-state index in [2.05, 4.69) is 107 Å². The predicted molar refractivity (Wildman–Crippen MR) is 128 cm³/mol. The number of rotatable bonds is 7. The zero-order valence-corrected chi connectivity index (χ0v) is 18.5. The van der Waals surface area contributed by atoms with Crippen molar-refractivity contribution >= 4 is 11.8 Å². The zero-order chi connectivity index (χ0) is 21.0. The van der Waals surface area contributed by atoms with Crippen LogP contribution in [0.1, 0.15) is 58.7 Å². The number of aryl methyl sites for hydroxylation is 3. The lowest BCUT2D eigenvalue weighted by Gasteiger charge is -2.26. The van der Waals surface area contributed by atoms with Crippen LogP contribution in [0.15, 0.2) is 67.2 Å². The van der Waals surface area contributed by atoms with Gasteiger partial charge in [-0.25, -0.2) is 0 Å². The molecule has 0 aliphatic carbocycles. The maximum atomic E-state index is 3.97. The van der Waals surface area contributed by atoms with Gasteiger partial charge in [-0.1, -0.05) is 66.7 Å². The lowest BCUT2D eigenvalue weighted by molar-refractivity contribution is 0.862. The maximum Gasteiger partial charge on any atom is 0.0368 e. The van der Waals surface area contributed by atoms with Crippen LogP contribution < -0.4 is 4.90 Å². The Bertz CT molecular complexity index is 995. The molecular formula is C28H33N. The first kappa shape index (κ1) is 20.9. The van der Waals surface area contributed by atoms with Crippen molar-refractivity contribution in [3.05, 3.63) is 106 Å². The van der Waals surface area contributed by atoms with E-state index in [0.29, 0.717) is 0 Å². The van der Waals surface area contributed by atoms with Gasteiger partial charge in [-0.3, -0.25) is 0 Å². The molecule has 0 fully saturated rings. The number of hydrogen-bond donors (Lipinski definition) is 0. The first-order valence-corrected chi connectivity index (χ1v) is 10.6. The molecule has 1 unspecified atom stereocenters. The van der Waals surface area contributed by atoms with Crippen molar-refractivity contribution in [3.63, 3.8) is 0 Å². The van der Waals surface area contributed by atoms with Crippen LogP contribution in [0.4, 0.5) is 5.69 Å². The lowest BCUT2D eigenvalue weighted by Crippen LogP contribution is -2.22. The fraction of sp³-hybridized carbons (Fsp3) is 0.286. The third-order valence-corrected chi connectivity index (χ3v) is 5.91. The topological polar surface area (TPSA) is 3.24 Å². The van der Waals surface area contributed by atoms with Gasteiger partial charge in [-0.2, -0.15) is 0 Å². The van der Waals surface area contributed by atoms with Crippen molar-refractivity contribution in [3.8, 4) is 0 Å². The Hall–Kier alpha value is -2.80. The summed E-state index contributed by atoms with van der Waals surface area (Å²) in [6.45, 7) is 17.1. The van der Waals surface area contributed by atoms with Crippen LogP contribution in [0.3, 0.4) is 0 Å². The first-order chi connectivity index (χ1) is 14.0. The lowest BCUT2D eigenvalue weighted by atomic mass is 9.80. The minimum atomic E-state index is 0.209. The summed E-state index contributed by atoms with van der Waals surface area (Å²) in [7, 11) is 0. The highest BCUT2D eigenvalue weighted by molar-refractivity contribution is 5.57. The van der Waals surface area contributed by atoms with Crippen molar-refractivity contribution in [2.45, 2.75) is 40.5 Å². The van der Waals surface area contributed by atoms with E-state index in [1.807, 2.05) is 6.08 Å². The molecule has 0 aromatic heterocycles. The second-order valence-electron chi connectivity index (χ2n) is 7.88. The quantitative estimate of drug-likeness (QED) is 0.387. The van der Waals surface area contributed by atoms with Crippen molar-refractivity contribution in [1.29, 1.82) is 0 Å². The van der Waals surface area contributed by atoms with Gasteiger partial charge >= 0.3 is 0 Å². The molecule has 0 N–H and O–H groups in total. The summed E-state index contributed by atoms with van der Waals surface area (Å²) in [6.07, 6.45) is 1.93.